The number of nitrogens with one attached hydrogen (secondary N) is 1. The van der Waals surface area contributed by atoms with Gasteiger partial charge in [-0.3, -0.25) is 0 Å². The Morgan fingerprint density at radius 3 is 2.35 bits per heavy atom. The van der Waals surface area contributed by atoms with Gasteiger partial charge in [-0.05, 0) is 51.0 Å². The Hall–Kier alpha value is -0.0800. The zero-order chi connectivity index (χ0) is 14.8. The van der Waals surface area contributed by atoms with Crippen LogP contribution in [0.1, 0.15) is 79.1 Å². The topological polar surface area (TPSA) is 21.3 Å². The van der Waals surface area contributed by atoms with Crippen molar-refractivity contribution in [3.05, 3.63) is 0 Å². The van der Waals surface area contributed by atoms with Crippen LogP contribution in [0.4, 0.5) is 0 Å². The van der Waals surface area contributed by atoms with Crippen LogP contribution < -0.4 is 5.32 Å². The van der Waals surface area contributed by atoms with Gasteiger partial charge in [0.25, 0.3) is 0 Å². The van der Waals surface area contributed by atoms with E-state index in [0.29, 0.717) is 12.1 Å². The van der Waals surface area contributed by atoms with Crippen molar-refractivity contribution in [2.45, 2.75) is 91.2 Å². The van der Waals surface area contributed by atoms with Crippen LogP contribution in [0.5, 0.6) is 0 Å². The van der Waals surface area contributed by atoms with Crippen molar-refractivity contribution in [3.63, 3.8) is 0 Å². The van der Waals surface area contributed by atoms with E-state index in [-0.39, 0.29) is 0 Å². The fraction of sp³-hybridized carbons (Fsp3) is 1.00. The third-order valence-corrected chi connectivity index (χ3v) is 4.88. The van der Waals surface area contributed by atoms with Gasteiger partial charge in [-0.2, -0.15) is 0 Å². The van der Waals surface area contributed by atoms with Crippen molar-refractivity contribution in [2.75, 3.05) is 13.2 Å². The number of hydrogen-bond donors (Lipinski definition) is 1. The third kappa shape index (κ3) is 6.13. The summed E-state index contributed by atoms with van der Waals surface area (Å²) in [5.41, 5.74) is 0. The Kier molecular flexibility index (Phi) is 9.54. The SMILES string of the molecule is CCCNC(CC(C)CC)C(OCC)C1CCCCC1. The molecule has 1 rings (SSSR count). The maximum Gasteiger partial charge on any atom is 0.0756 e. The van der Waals surface area contributed by atoms with Gasteiger partial charge in [-0.1, -0.05) is 46.5 Å². The molecular formula is C18H37NO. The lowest BCUT2D eigenvalue weighted by molar-refractivity contribution is -0.0223. The highest BCUT2D eigenvalue weighted by atomic mass is 16.5. The molecule has 1 fully saturated rings. The lowest BCUT2D eigenvalue weighted by atomic mass is 9.80. The van der Waals surface area contributed by atoms with Crippen LogP contribution in [0.2, 0.25) is 0 Å². The summed E-state index contributed by atoms with van der Waals surface area (Å²) in [6, 6.07) is 0.549. The van der Waals surface area contributed by atoms with Gasteiger partial charge >= 0.3 is 0 Å². The van der Waals surface area contributed by atoms with Crippen molar-refractivity contribution >= 4 is 0 Å². The van der Waals surface area contributed by atoms with Gasteiger partial charge in [0.15, 0.2) is 0 Å². The first-order valence-electron chi connectivity index (χ1n) is 9.07. The van der Waals surface area contributed by atoms with Gasteiger partial charge < -0.3 is 10.1 Å². The lowest BCUT2D eigenvalue weighted by Crippen LogP contribution is -2.47. The van der Waals surface area contributed by atoms with Crippen LogP contribution in [0, 0.1) is 11.8 Å². The summed E-state index contributed by atoms with van der Waals surface area (Å²) in [5, 5.41) is 3.79. The van der Waals surface area contributed by atoms with Crippen LogP contribution in [0.15, 0.2) is 0 Å². The summed E-state index contributed by atoms with van der Waals surface area (Å²) in [6.07, 6.45) is 11.1. The normalized spacial score (nSPS) is 21.6. The number of ether oxygens (including phenoxy) is 1. The highest BCUT2D eigenvalue weighted by Crippen LogP contribution is 2.31. The molecule has 120 valence electrons. The summed E-state index contributed by atoms with van der Waals surface area (Å²) < 4.78 is 6.22. The van der Waals surface area contributed by atoms with Gasteiger partial charge in [0, 0.05) is 12.6 Å². The first-order chi connectivity index (χ1) is 9.72. The molecule has 3 atom stereocenters. The van der Waals surface area contributed by atoms with Crippen LogP contribution in [-0.2, 0) is 4.74 Å². The average molecular weight is 284 g/mol. The molecule has 0 saturated heterocycles. The van der Waals surface area contributed by atoms with E-state index in [1.807, 2.05) is 0 Å². The highest BCUT2D eigenvalue weighted by Gasteiger charge is 2.31. The molecule has 2 nitrogen and oxygen atoms in total. The first-order valence-corrected chi connectivity index (χ1v) is 9.07. The molecule has 0 aromatic rings. The van der Waals surface area contributed by atoms with Crippen molar-refractivity contribution in [2.24, 2.45) is 11.8 Å². The predicted molar refractivity (Wildman–Crippen MR) is 88.1 cm³/mol. The molecular weight excluding hydrogens is 246 g/mol. The molecule has 20 heavy (non-hydrogen) atoms. The molecule has 0 aliphatic heterocycles. The van der Waals surface area contributed by atoms with Crippen molar-refractivity contribution in [1.82, 2.24) is 5.32 Å². The molecule has 3 unspecified atom stereocenters. The quantitative estimate of drug-likeness (QED) is 0.623. The van der Waals surface area contributed by atoms with Gasteiger partial charge in [0.2, 0.25) is 0 Å². The van der Waals surface area contributed by atoms with E-state index in [9.17, 15) is 0 Å². The van der Waals surface area contributed by atoms with Crippen LogP contribution in [0.25, 0.3) is 0 Å². The average Bonchev–Trinajstić information content (AvgIpc) is 2.50. The molecule has 0 spiro atoms. The summed E-state index contributed by atoms with van der Waals surface area (Å²) in [4.78, 5) is 0. The molecule has 2 heteroatoms. The monoisotopic (exact) mass is 283 g/mol. The zero-order valence-electron chi connectivity index (χ0n) is 14.3. The van der Waals surface area contributed by atoms with E-state index >= 15 is 0 Å². The molecule has 1 N–H and O–H groups in total. The van der Waals surface area contributed by atoms with Crippen molar-refractivity contribution in [1.29, 1.82) is 0 Å². The van der Waals surface area contributed by atoms with E-state index < -0.39 is 0 Å². The molecule has 1 aliphatic carbocycles. The number of rotatable bonds is 10. The van der Waals surface area contributed by atoms with Gasteiger partial charge in [-0.25, -0.2) is 0 Å². The third-order valence-electron chi connectivity index (χ3n) is 4.88. The molecule has 1 aliphatic rings. The van der Waals surface area contributed by atoms with E-state index in [2.05, 4.69) is 33.0 Å². The largest absolute Gasteiger partial charge is 0.377 e. The molecule has 0 heterocycles. The van der Waals surface area contributed by atoms with E-state index in [0.717, 1.165) is 25.0 Å². The van der Waals surface area contributed by atoms with Gasteiger partial charge in [0.05, 0.1) is 6.10 Å². The van der Waals surface area contributed by atoms with Crippen LogP contribution >= 0.6 is 0 Å². The molecule has 0 radical (unpaired) electrons. The number of hydrogen-bond acceptors (Lipinski definition) is 2. The second-order valence-corrected chi connectivity index (χ2v) is 6.63. The molecule has 0 aromatic heterocycles. The Bertz CT molecular complexity index is 225. The van der Waals surface area contributed by atoms with Crippen LogP contribution in [-0.4, -0.2) is 25.3 Å². The maximum absolute atomic E-state index is 6.22. The van der Waals surface area contributed by atoms with Gasteiger partial charge in [0.1, 0.15) is 0 Å². The maximum atomic E-state index is 6.22. The molecule has 0 aromatic carbocycles. The predicted octanol–water partition coefficient (Wildman–Crippen LogP) is 4.78. The minimum Gasteiger partial charge on any atom is -0.377 e. The summed E-state index contributed by atoms with van der Waals surface area (Å²) in [5.74, 6) is 1.57. The summed E-state index contributed by atoms with van der Waals surface area (Å²) >= 11 is 0. The Balaban J connectivity index is 2.67. The zero-order valence-corrected chi connectivity index (χ0v) is 14.3. The first kappa shape index (κ1) is 18.0. The van der Waals surface area contributed by atoms with Gasteiger partial charge in [-0.15, -0.1) is 0 Å². The fourth-order valence-corrected chi connectivity index (χ4v) is 3.50. The fourth-order valence-electron chi connectivity index (χ4n) is 3.50. The second kappa shape index (κ2) is 10.6. The Morgan fingerprint density at radius 2 is 1.80 bits per heavy atom. The molecule has 0 bridgehead atoms. The minimum absolute atomic E-state index is 0.431. The summed E-state index contributed by atoms with van der Waals surface area (Å²) in [7, 11) is 0. The molecule has 1 saturated carbocycles. The summed E-state index contributed by atoms with van der Waals surface area (Å²) in [6.45, 7) is 11.1. The van der Waals surface area contributed by atoms with E-state index in [1.54, 1.807) is 0 Å². The van der Waals surface area contributed by atoms with E-state index in [4.69, 9.17) is 4.74 Å². The van der Waals surface area contributed by atoms with Crippen molar-refractivity contribution in [3.8, 4) is 0 Å². The van der Waals surface area contributed by atoms with Crippen LogP contribution in [0.3, 0.4) is 0 Å². The van der Waals surface area contributed by atoms with Crippen molar-refractivity contribution < 1.29 is 4.74 Å². The molecule has 0 amide bonds. The Labute approximate surface area is 127 Å². The van der Waals surface area contributed by atoms with E-state index in [1.165, 1.54) is 51.4 Å². The lowest BCUT2D eigenvalue weighted by Gasteiger charge is -2.37. The highest BCUT2D eigenvalue weighted by molar-refractivity contribution is 4.86. The smallest absolute Gasteiger partial charge is 0.0756 e. The minimum atomic E-state index is 0.431. The second-order valence-electron chi connectivity index (χ2n) is 6.63. The standard InChI is InChI=1S/C18H37NO/c1-5-13-19-17(14-15(4)6-2)18(20-7-3)16-11-9-8-10-12-16/h15-19H,5-14H2,1-4H3. The Morgan fingerprint density at radius 1 is 1.10 bits per heavy atom.